The Hall–Kier alpha value is -3.51. The topological polar surface area (TPSA) is 100 Å². The molecule has 0 saturated carbocycles. The molecule has 2 aromatic heterocycles. The molecule has 0 spiro atoms. The summed E-state index contributed by atoms with van der Waals surface area (Å²) in [5.74, 6) is -0.320. The van der Waals surface area contributed by atoms with E-state index in [1.165, 1.54) is 11.6 Å². The third kappa shape index (κ3) is 4.58. The molecule has 0 aliphatic carbocycles. The molecular weight excluding hydrogens is 491 g/mol. The highest BCUT2D eigenvalue weighted by molar-refractivity contribution is 7.93. The van der Waals surface area contributed by atoms with E-state index in [4.69, 9.17) is 0 Å². The SMILES string of the molecule is C[C@H](C(=O)N1CCN(c2ccc(S(=O)(=O)Nc3nncs3)cc2)CC1)n1ccc2c(F)cccc21. The lowest BCUT2D eigenvalue weighted by atomic mass is 10.2. The third-order valence-electron chi connectivity index (χ3n) is 6.17. The molecule has 0 bridgehead atoms. The van der Waals surface area contributed by atoms with Gasteiger partial charge in [-0.05, 0) is 49.4 Å². The highest BCUT2D eigenvalue weighted by Gasteiger charge is 2.27. The van der Waals surface area contributed by atoms with Crippen LogP contribution in [0.3, 0.4) is 0 Å². The molecule has 35 heavy (non-hydrogen) atoms. The van der Waals surface area contributed by atoms with Crippen LogP contribution in [0.15, 0.2) is 65.1 Å². The summed E-state index contributed by atoms with van der Waals surface area (Å²) in [6, 6.07) is 12.7. The Kier molecular flexibility index (Phi) is 6.15. The Morgan fingerprint density at radius 2 is 1.83 bits per heavy atom. The highest BCUT2D eigenvalue weighted by atomic mass is 32.2. The Labute approximate surface area is 205 Å². The number of fused-ring (bicyclic) bond motifs is 1. The first-order chi connectivity index (χ1) is 16.8. The van der Waals surface area contributed by atoms with Crippen LogP contribution in [0.4, 0.5) is 15.2 Å². The van der Waals surface area contributed by atoms with E-state index in [9.17, 15) is 17.6 Å². The van der Waals surface area contributed by atoms with Crippen LogP contribution in [0.5, 0.6) is 0 Å². The predicted molar refractivity (Wildman–Crippen MR) is 133 cm³/mol. The van der Waals surface area contributed by atoms with Crippen LogP contribution >= 0.6 is 11.3 Å². The number of nitrogens with one attached hydrogen (secondary N) is 1. The van der Waals surface area contributed by atoms with Crippen LogP contribution < -0.4 is 9.62 Å². The van der Waals surface area contributed by atoms with E-state index < -0.39 is 16.1 Å². The lowest BCUT2D eigenvalue weighted by molar-refractivity contribution is -0.134. The van der Waals surface area contributed by atoms with Gasteiger partial charge in [-0.3, -0.25) is 9.52 Å². The monoisotopic (exact) mass is 514 g/mol. The molecule has 4 aromatic rings. The van der Waals surface area contributed by atoms with Crippen LogP contribution in [-0.2, 0) is 14.8 Å². The molecular formula is C23H23FN6O3S2. The zero-order valence-electron chi connectivity index (χ0n) is 18.8. The number of sulfonamides is 1. The maximum Gasteiger partial charge on any atom is 0.263 e. The minimum atomic E-state index is -3.74. The number of rotatable bonds is 6. The number of amides is 1. The van der Waals surface area contributed by atoms with Crippen molar-refractivity contribution in [1.29, 1.82) is 0 Å². The number of aromatic nitrogens is 3. The smallest absolute Gasteiger partial charge is 0.263 e. The van der Waals surface area contributed by atoms with Gasteiger partial charge in [-0.15, -0.1) is 10.2 Å². The quantitative estimate of drug-likeness (QED) is 0.424. The minimum Gasteiger partial charge on any atom is -0.368 e. The number of benzene rings is 2. The van der Waals surface area contributed by atoms with Gasteiger partial charge in [0.05, 0.1) is 10.4 Å². The summed E-state index contributed by atoms with van der Waals surface area (Å²) in [6.07, 6.45) is 1.75. The average molecular weight is 515 g/mol. The number of nitrogens with zero attached hydrogens (tertiary/aromatic N) is 5. The molecule has 1 fully saturated rings. The van der Waals surface area contributed by atoms with Crippen LogP contribution in [0.1, 0.15) is 13.0 Å². The summed E-state index contributed by atoms with van der Waals surface area (Å²) in [7, 11) is -3.74. The molecule has 182 valence electrons. The van der Waals surface area contributed by atoms with E-state index in [1.807, 2.05) is 22.5 Å². The number of halogens is 1. The molecule has 3 heterocycles. The Morgan fingerprint density at radius 1 is 1.09 bits per heavy atom. The lowest BCUT2D eigenvalue weighted by Gasteiger charge is -2.37. The second-order valence-corrected chi connectivity index (χ2v) is 10.7. The largest absolute Gasteiger partial charge is 0.368 e. The molecule has 1 aliphatic rings. The third-order valence-corrected chi connectivity index (χ3v) is 8.26. The summed E-state index contributed by atoms with van der Waals surface area (Å²) in [5.41, 5.74) is 3.03. The van der Waals surface area contributed by atoms with Crippen molar-refractivity contribution in [2.75, 3.05) is 35.8 Å². The van der Waals surface area contributed by atoms with Gasteiger partial charge < -0.3 is 14.4 Å². The van der Waals surface area contributed by atoms with Crippen LogP contribution in [0.2, 0.25) is 0 Å². The van der Waals surface area contributed by atoms with E-state index in [0.29, 0.717) is 37.1 Å². The fraction of sp³-hybridized carbons (Fsp3) is 0.261. The van der Waals surface area contributed by atoms with Gasteiger partial charge in [0.2, 0.25) is 11.0 Å². The first-order valence-corrected chi connectivity index (χ1v) is 13.4. The van der Waals surface area contributed by atoms with Gasteiger partial charge in [0.1, 0.15) is 17.4 Å². The summed E-state index contributed by atoms with van der Waals surface area (Å²) in [6.45, 7) is 4.14. The van der Waals surface area contributed by atoms with Crippen molar-refractivity contribution < 1.29 is 17.6 Å². The summed E-state index contributed by atoms with van der Waals surface area (Å²) < 4.78 is 43.3. The number of piperazine rings is 1. The van der Waals surface area contributed by atoms with E-state index in [1.54, 1.807) is 42.6 Å². The zero-order chi connectivity index (χ0) is 24.6. The van der Waals surface area contributed by atoms with E-state index >= 15 is 0 Å². The maximum absolute atomic E-state index is 14.0. The molecule has 1 N–H and O–H groups in total. The molecule has 9 nitrogen and oxygen atoms in total. The van der Waals surface area contributed by atoms with Crippen molar-refractivity contribution >= 4 is 49.0 Å². The summed E-state index contributed by atoms with van der Waals surface area (Å²) in [4.78, 5) is 17.2. The number of hydrogen-bond donors (Lipinski definition) is 1. The Bertz CT molecular complexity index is 1450. The first kappa shape index (κ1) is 23.2. The van der Waals surface area contributed by atoms with Crippen molar-refractivity contribution in [3.8, 4) is 0 Å². The van der Waals surface area contributed by atoms with Gasteiger partial charge >= 0.3 is 0 Å². The van der Waals surface area contributed by atoms with Crippen LogP contribution in [0, 0.1) is 5.82 Å². The standard InChI is InChI=1S/C23H23FN6O3S2/c1-16(30-10-9-19-20(24)3-2-4-21(19)30)22(31)29-13-11-28(12-14-29)17-5-7-18(8-6-17)35(32,33)27-23-26-25-15-34-23/h2-10,15-16H,11-14H2,1H3,(H,26,27)/t16-/m1/s1. The molecule has 1 saturated heterocycles. The van der Waals surface area contributed by atoms with E-state index in [-0.39, 0.29) is 21.8 Å². The van der Waals surface area contributed by atoms with Gasteiger partial charge in [0, 0.05) is 43.4 Å². The van der Waals surface area contributed by atoms with Crippen molar-refractivity contribution in [2.45, 2.75) is 17.9 Å². The van der Waals surface area contributed by atoms with Crippen LogP contribution in [-0.4, -0.2) is 60.2 Å². The summed E-state index contributed by atoms with van der Waals surface area (Å²) >= 11 is 1.10. The van der Waals surface area contributed by atoms with E-state index in [2.05, 4.69) is 19.8 Å². The molecule has 1 atom stereocenters. The summed E-state index contributed by atoms with van der Waals surface area (Å²) in [5, 5.41) is 8.04. The molecule has 0 unspecified atom stereocenters. The first-order valence-electron chi connectivity index (χ1n) is 11.0. The fourth-order valence-corrected chi connectivity index (χ4v) is 5.98. The number of anilines is 2. The lowest BCUT2D eigenvalue weighted by Crippen LogP contribution is -2.50. The fourth-order valence-electron chi connectivity index (χ4n) is 4.28. The van der Waals surface area contributed by atoms with Crippen molar-refractivity contribution in [1.82, 2.24) is 19.7 Å². The Morgan fingerprint density at radius 3 is 2.51 bits per heavy atom. The average Bonchev–Trinajstić information content (AvgIpc) is 3.54. The molecule has 0 radical (unpaired) electrons. The number of carbonyl (C=O) groups excluding carboxylic acids is 1. The molecule has 1 aliphatic heterocycles. The van der Waals surface area contributed by atoms with E-state index in [0.717, 1.165) is 17.0 Å². The van der Waals surface area contributed by atoms with Gasteiger partial charge in [-0.2, -0.15) is 0 Å². The predicted octanol–water partition coefficient (Wildman–Crippen LogP) is 3.34. The Balaban J connectivity index is 1.22. The minimum absolute atomic E-state index is 0.0180. The van der Waals surface area contributed by atoms with Gasteiger partial charge in [0.25, 0.3) is 10.0 Å². The maximum atomic E-state index is 14.0. The van der Waals surface area contributed by atoms with Crippen molar-refractivity contribution in [3.05, 3.63) is 66.1 Å². The number of carbonyl (C=O) groups is 1. The molecule has 1 amide bonds. The second-order valence-electron chi connectivity index (χ2n) is 8.23. The normalized spacial score (nSPS) is 15.4. The number of hydrogen-bond acceptors (Lipinski definition) is 7. The van der Waals surface area contributed by atoms with Crippen molar-refractivity contribution in [2.24, 2.45) is 0 Å². The van der Waals surface area contributed by atoms with Gasteiger partial charge in [-0.25, -0.2) is 12.8 Å². The molecule has 2 aromatic carbocycles. The zero-order valence-corrected chi connectivity index (χ0v) is 20.5. The molecule has 12 heteroatoms. The van der Waals surface area contributed by atoms with Gasteiger partial charge in [0.15, 0.2) is 0 Å². The van der Waals surface area contributed by atoms with Crippen molar-refractivity contribution in [3.63, 3.8) is 0 Å². The second kappa shape index (κ2) is 9.27. The highest BCUT2D eigenvalue weighted by Crippen LogP contribution is 2.25. The van der Waals surface area contributed by atoms with Crippen LogP contribution in [0.25, 0.3) is 10.9 Å². The molecule has 5 rings (SSSR count). The van der Waals surface area contributed by atoms with Gasteiger partial charge in [-0.1, -0.05) is 17.4 Å².